The van der Waals surface area contributed by atoms with Crippen molar-refractivity contribution in [2.45, 2.75) is 12.5 Å². The van der Waals surface area contributed by atoms with Crippen molar-refractivity contribution in [2.24, 2.45) is 5.10 Å². The first-order chi connectivity index (χ1) is 10.2. The molecule has 0 radical (unpaired) electrons. The summed E-state index contributed by atoms with van der Waals surface area (Å²) in [6.45, 7) is 0. The van der Waals surface area contributed by atoms with Crippen molar-refractivity contribution in [1.29, 1.82) is 0 Å². The third kappa shape index (κ3) is 2.81. The molecule has 0 unspecified atom stereocenters. The van der Waals surface area contributed by atoms with Crippen LogP contribution in [0, 0.1) is 0 Å². The maximum absolute atomic E-state index is 10.0. The molecule has 5 heteroatoms. The molecule has 0 bridgehead atoms. The van der Waals surface area contributed by atoms with Crippen LogP contribution in [0.4, 0.5) is 0 Å². The fourth-order valence-corrected chi connectivity index (χ4v) is 2.50. The number of hydrazone groups is 1. The first-order valence-electron chi connectivity index (χ1n) is 6.62. The Balaban J connectivity index is 1.82. The van der Waals surface area contributed by atoms with Crippen molar-refractivity contribution in [1.82, 2.24) is 5.43 Å². The molecule has 0 saturated carbocycles. The SMILES string of the molecule is COc1ccc(O)c(C2=NN[C@H](c3ccc(Cl)cc3)C2)c1. The molecule has 0 saturated heterocycles. The van der Waals surface area contributed by atoms with Crippen molar-refractivity contribution >= 4 is 17.3 Å². The number of phenolic OH excluding ortho intramolecular Hbond substituents is 1. The lowest BCUT2D eigenvalue weighted by atomic mass is 9.98. The van der Waals surface area contributed by atoms with Crippen LogP contribution in [0.1, 0.15) is 23.6 Å². The lowest BCUT2D eigenvalue weighted by molar-refractivity contribution is 0.412. The lowest BCUT2D eigenvalue weighted by Gasteiger charge is -2.10. The largest absolute Gasteiger partial charge is 0.507 e. The van der Waals surface area contributed by atoms with Crippen LogP contribution in [0.2, 0.25) is 5.02 Å². The van der Waals surface area contributed by atoms with Gasteiger partial charge < -0.3 is 15.3 Å². The maximum Gasteiger partial charge on any atom is 0.124 e. The van der Waals surface area contributed by atoms with Gasteiger partial charge in [-0.15, -0.1) is 0 Å². The molecule has 3 rings (SSSR count). The molecular formula is C16H15ClN2O2. The molecule has 0 amide bonds. The van der Waals surface area contributed by atoms with E-state index < -0.39 is 0 Å². The number of aromatic hydroxyl groups is 1. The Hall–Kier alpha value is -2.20. The van der Waals surface area contributed by atoms with Crippen LogP contribution >= 0.6 is 11.6 Å². The summed E-state index contributed by atoms with van der Waals surface area (Å²) in [5.74, 6) is 0.897. The van der Waals surface area contributed by atoms with Crippen molar-refractivity contribution in [2.75, 3.05) is 7.11 Å². The van der Waals surface area contributed by atoms with Crippen LogP contribution in [-0.4, -0.2) is 17.9 Å². The summed E-state index contributed by atoms with van der Waals surface area (Å²) in [7, 11) is 1.60. The second-order valence-electron chi connectivity index (χ2n) is 4.88. The van der Waals surface area contributed by atoms with E-state index in [0.717, 1.165) is 11.3 Å². The smallest absolute Gasteiger partial charge is 0.124 e. The van der Waals surface area contributed by atoms with Gasteiger partial charge >= 0.3 is 0 Å². The van der Waals surface area contributed by atoms with Gasteiger partial charge in [-0.3, -0.25) is 0 Å². The molecule has 108 valence electrons. The number of hydrogen-bond acceptors (Lipinski definition) is 4. The van der Waals surface area contributed by atoms with Crippen LogP contribution in [0.25, 0.3) is 0 Å². The number of hydrogen-bond donors (Lipinski definition) is 2. The second kappa shape index (κ2) is 5.66. The van der Waals surface area contributed by atoms with E-state index in [9.17, 15) is 5.11 Å². The number of methoxy groups -OCH3 is 1. The minimum Gasteiger partial charge on any atom is -0.507 e. The van der Waals surface area contributed by atoms with Gasteiger partial charge in [-0.2, -0.15) is 5.10 Å². The molecule has 1 aliphatic rings. The molecule has 0 aliphatic carbocycles. The highest BCUT2D eigenvalue weighted by Crippen LogP contribution is 2.30. The van der Waals surface area contributed by atoms with Gasteiger partial charge in [-0.05, 0) is 35.9 Å². The Bertz CT molecular complexity index is 683. The number of nitrogens with one attached hydrogen (secondary N) is 1. The summed E-state index contributed by atoms with van der Waals surface area (Å²) in [6, 6.07) is 12.9. The maximum atomic E-state index is 10.0. The minimum absolute atomic E-state index is 0.0860. The fourth-order valence-electron chi connectivity index (χ4n) is 2.37. The van der Waals surface area contributed by atoms with E-state index in [1.54, 1.807) is 25.3 Å². The molecule has 2 aromatic carbocycles. The second-order valence-corrected chi connectivity index (χ2v) is 5.32. The van der Waals surface area contributed by atoms with E-state index in [1.807, 2.05) is 24.3 Å². The lowest BCUT2D eigenvalue weighted by Crippen LogP contribution is -2.09. The zero-order chi connectivity index (χ0) is 14.8. The summed E-state index contributed by atoms with van der Waals surface area (Å²) in [5.41, 5.74) is 5.71. The topological polar surface area (TPSA) is 53.9 Å². The Labute approximate surface area is 128 Å². The Kier molecular flexibility index (Phi) is 3.71. The first kappa shape index (κ1) is 13.8. The van der Waals surface area contributed by atoms with Gasteiger partial charge in [0.05, 0.1) is 18.9 Å². The summed E-state index contributed by atoms with van der Waals surface area (Å²) in [4.78, 5) is 0. The van der Waals surface area contributed by atoms with E-state index >= 15 is 0 Å². The highest BCUT2D eigenvalue weighted by molar-refractivity contribution is 6.30. The monoisotopic (exact) mass is 302 g/mol. The molecule has 21 heavy (non-hydrogen) atoms. The van der Waals surface area contributed by atoms with Crippen LogP contribution in [0.5, 0.6) is 11.5 Å². The van der Waals surface area contributed by atoms with Gasteiger partial charge in [0.1, 0.15) is 11.5 Å². The molecule has 2 aromatic rings. The van der Waals surface area contributed by atoms with E-state index in [1.165, 1.54) is 0 Å². The van der Waals surface area contributed by atoms with Crippen molar-refractivity contribution in [3.8, 4) is 11.5 Å². The summed E-state index contributed by atoms with van der Waals surface area (Å²) in [6.07, 6.45) is 0.697. The summed E-state index contributed by atoms with van der Waals surface area (Å²) >= 11 is 5.90. The average molecular weight is 303 g/mol. The molecule has 0 aromatic heterocycles. The normalized spacial score (nSPS) is 17.2. The van der Waals surface area contributed by atoms with Crippen LogP contribution in [0.3, 0.4) is 0 Å². The molecule has 1 atom stereocenters. The molecule has 4 nitrogen and oxygen atoms in total. The van der Waals surface area contributed by atoms with Gasteiger partial charge in [-0.1, -0.05) is 23.7 Å². The number of benzene rings is 2. The number of phenols is 1. The molecule has 1 heterocycles. The molecule has 0 fully saturated rings. The quantitative estimate of drug-likeness (QED) is 0.912. The highest BCUT2D eigenvalue weighted by atomic mass is 35.5. The van der Waals surface area contributed by atoms with E-state index in [2.05, 4.69) is 10.5 Å². The molecule has 0 spiro atoms. The van der Waals surface area contributed by atoms with E-state index in [0.29, 0.717) is 22.8 Å². The van der Waals surface area contributed by atoms with Gasteiger partial charge in [-0.25, -0.2) is 0 Å². The number of nitrogens with zero attached hydrogens (tertiary/aromatic N) is 1. The van der Waals surface area contributed by atoms with E-state index in [4.69, 9.17) is 16.3 Å². The standard InChI is InChI=1S/C16H15ClN2O2/c1-21-12-6-7-16(20)13(8-12)15-9-14(18-19-15)10-2-4-11(17)5-3-10/h2-8,14,18,20H,9H2,1H3/t14-/m0/s1. The Morgan fingerprint density at radius 3 is 2.71 bits per heavy atom. The third-order valence-electron chi connectivity index (χ3n) is 3.54. The third-order valence-corrected chi connectivity index (χ3v) is 3.79. The van der Waals surface area contributed by atoms with Gasteiger partial charge in [0.2, 0.25) is 0 Å². The number of rotatable bonds is 3. The zero-order valence-electron chi connectivity index (χ0n) is 11.5. The summed E-state index contributed by atoms with van der Waals surface area (Å²) in [5, 5.41) is 15.1. The number of halogens is 1. The van der Waals surface area contributed by atoms with Crippen molar-refractivity contribution < 1.29 is 9.84 Å². The Morgan fingerprint density at radius 1 is 1.24 bits per heavy atom. The Morgan fingerprint density at radius 2 is 2.00 bits per heavy atom. The van der Waals surface area contributed by atoms with Crippen LogP contribution in [-0.2, 0) is 0 Å². The predicted octanol–water partition coefficient (Wildman–Crippen LogP) is 3.49. The van der Waals surface area contributed by atoms with Crippen molar-refractivity contribution in [3.63, 3.8) is 0 Å². The van der Waals surface area contributed by atoms with Crippen molar-refractivity contribution in [3.05, 3.63) is 58.6 Å². The number of ether oxygens (including phenoxy) is 1. The highest BCUT2D eigenvalue weighted by Gasteiger charge is 2.23. The molecular weight excluding hydrogens is 288 g/mol. The zero-order valence-corrected chi connectivity index (χ0v) is 12.3. The van der Waals surface area contributed by atoms with Gasteiger partial charge in [0.15, 0.2) is 0 Å². The first-order valence-corrected chi connectivity index (χ1v) is 7.00. The van der Waals surface area contributed by atoms with Gasteiger partial charge in [0.25, 0.3) is 0 Å². The van der Waals surface area contributed by atoms with Crippen LogP contribution in [0.15, 0.2) is 47.6 Å². The predicted molar refractivity (Wildman–Crippen MR) is 83.1 cm³/mol. The summed E-state index contributed by atoms with van der Waals surface area (Å²) < 4.78 is 5.19. The molecule has 1 aliphatic heterocycles. The fraction of sp³-hybridized carbons (Fsp3) is 0.188. The van der Waals surface area contributed by atoms with Crippen LogP contribution < -0.4 is 10.2 Å². The van der Waals surface area contributed by atoms with Gasteiger partial charge in [0, 0.05) is 17.0 Å². The average Bonchev–Trinajstić information content (AvgIpc) is 2.98. The minimum atomic E-state index is 0.0860. The van der Waals surface area contributed by atoms with E-state index in [-0.39, 0.29) is 11.8 Å². The molecule has 2 N–H and O–H groups in total.